The third-order valence-corrected chi connectivity index (χ3v) is 2.66. The first-order chi connectivity index (χ1) is 10.2. The molecule has 108 valence electrons. The van der Waals surface area contributed by atoms with E-state index in [0.717, 1.165) is 11.1 Å². The van der Waals surface area contributed by atoms with Gasteiger partial charge in [0.25, 0.3) is 5.69 Å². The molecule has 1 heterocycles. The average molecular weight is 288 g/mol. The van der Waals surface area contributed by atoms with Gasteiger partial charge in [0.05, 0.1) is 4.92 Å². The van der Waals surface area contributed by atoms with E-state index in [0.29, 0.717) is 5.88 Å². The number of pyridine rings is 1. The van der Waals surface area contributed by atoms with Crippen molar-refractivity contribution in [3.05, 3.63) is 63.8 Å². The first-order valence-electron chi connectivity index (χ1n) is 6.26. The Bertz CT molecular complexity index is 624. The number of nitro groups is 1. The maximum atomic E-state index is 11.9. The highest BCUT2D eigenvalue weighted by atomic mass is 19.1. The van der Waals surface area contributed by atoms with Crippen LogP contribution in [-0.2, 0) is 0 Å². The molecule has 0 aliphatic rings. The minimum atomic E-state index is -0.552. The van der Waals surface area contributed by atoms with E-state index in [4.69, 9.17) is 4.74 Å². The van der Waals surface area contributed by atoms with Crippen LogP contribution in [0.5, 0.6) is 5.88 Å². The van der Waals surface area contributed by atoms with Gasteiger partial charge in [0.1, 0.15) is 13.3 Å². The van der Waals surface area contributed by atoms with E-state index in [9.17, 15) is 14.5 Å². The lowest BCUT2D eigenvalue weighted by Crippen LogP contribution is -1.99. The number of aromatic nitrogens is 1. The number of nitro benzene ring substituents is 1. The van der Waals surface area contributed by atoms with Crippen LogP contribution in [0, 0.1) is 10.1 Å². The van der Waals surface area contributed by atoms with Crippen molar-refractivity contribution in [2.75, 3.05) is 13.3 Å². The quantitative estimate of drug-likeness (QED) is 0.602. The molecule has 0 unspecified atom stereocenters. The van der Waals surface area contributed by atoms with Crippen LogP contribution in [0.15, 0.2) is 42.6 Å². The summed E-state index contributed by atoms with van der Waals surface area (Å²) >= 11 is 0. The highest BCUT2D eigenvalue weighted by molar-refractivity contribution is 5.69. The first-order valence-corrected chi connectivity index (χ1v) is 6.26. The minimum absolute atomic E-state index is 0.00895. The fourth-order valence-corrected chi connectivity index (χ4v) is 1.62. The molecule has 0 aliphatic heterocycles. The van der Waals surface area contributed by atoms with Crippen molar-refractivity contribution in [1.29, 1.82) is 0 Å². The molecule has 0 atom stereocenters. The van der Waals surface area contributed by atoms with Gasteiger partial charge >= 0.3 is 0 Å². The maximum absolute atomic E-state index is 11.9. The SMILES string of the molecule is O=[N+]([O-])c1ccc(/C=C/c2ccc(OCCF)nc2)cc1. The number of ether oxygens (including phenoxy) is 1. The van der Waals surface area contributed by atoms with E-state index >= 15 is 0 Å². The van der Waals surface area contributed by atoms with Gasteiger partial charge in [0.15, 0.2) is 0 Å². The molecule has 0 spiro atoms. The molecule has 0 radical (unpaired) electrons. The van der Waals surface area contributed by atoms with Gasteiger partial charge in [-0.2, -0.15) is 0 Å². The summed E-state index contributed by atoms with van der Waals surface area (Å²) in [5.41, 5.74) is 1.75. The zero-order valence-corrected chi connectivity index (χ0v) is 11.1. The van der Waals surface area contributed by atoms with Gasteiger partial charge in [-0.05, 0) is 29.3 Å². The normalized spacial score (nSPS) is 10.7. The zero-order valence-electron chi connectivity index (χ0n) is 11.1. The van der Waals surface area contributed by atoms with Crippen LogP contribution in [0.3, 0.4) is 0 Å². The summed E-state index contributed by atoms with van der Waals surface area (Å²) < 4.78 is 17.0. The van der Waals surface area contributed by atoms with E-state index in [1.54, 1.807) is 30.5 Å². The van der Waals surface area contributed by atoms with Crippen LogP contribution >= 0.6 is 0 Å². The van der Waals surface area contributed by atoms with E-state index in [1.165, 1.54) is 12.1 Å². The van der Waals surface area contributed by atoms with Crippen molar-refractivity contribution in [3.63, 3.8) is 0 Å². The molecule has 6 heteroatoms. The van der Waals surface area contributed by atoms with E-state index in [-0.39, 0.29) is 12.3 Å². The number of rotatable bonds is 6. The highest BCUT2D eigenvalue weighted by Gasteiger charge is 2.02. The molecule has 1 aromatic heterocycles. The second-order valence-corrected chi connectivity index (χ2v) is 4.15. The Morgan fingerprint density at radius 3 is 2.38 bits per heavy atom. The van der Waals surface area contributed by atoms with E-state index < -0.39 is 11.6 Å². The summed E-state index contributed by atoms with van der Waals surface area (Å²) in [7, 11) is 0. The number of alkyl halides is 1. The highest BCUT2D eigenvalue weighted by Crippen LogP contribution is 2.15. The molecule has 0 bridgehead atoms. The van der Waals surface area contributed by atoms with Crippen LogP contribution in [-0.4, -0.2) is 23.2 Å². The van der Waals surface area contributed by atoms with Gasteiger partial charge in [0.2, 0.25) is 5.88 Å². The smallest absolute Gasteiger partial charge is 0.269 e. The van der Waals surface area contributed by atoms with Crippen molar-refractivity contribution in [2.24, 2.45) is 0 Å². The number of non-ortho nitro benzene ring substituents is 1. The van der Waals surface area contributed by atoms with Crippen LogP contribution in [0.1, 0.15) is 11.1 Å². The Morgan fingerprint density at radius 2 is 1.81 bits per heavy atom. The molecule has 0 amide bonds. The lowest BCUT2D eigenvalue weighted by Gasteiger charge is -2.01. The number of halogens is 1. The lowest BCUT2D eigenvalue weighted by atomic mass is 10.1. The predicted octanol–water partition coefficient (Wildman–Crippen LogP) is 3.51. The van der Waals surface area contributed by atoms with Gasteiger partial charge in [-0.15, -0.1) is 0 Å². The molecule has 1 aromatic carbocycles. The van der Waals surface area contributed by atoms with E-state index in [1.807, 2.05) is 12.2 Å². The lowest BCUT2D eigenvalue weighted by molar-refractivity contribution is -0.384. The molecule has 21 heavy (non-hydrogen) atoms. The summed E-state index contributed by atoms with van der Waals surface area (Å²) in [4.78, 5) is 14.1. The van der Waals surface area contributed by atoms with Crippen molar-refractivity contribution in [1.82, 2.24) is 4.98 Å². The standard InChI is InChI=1S/C15H13FN2O3/c16-9-10-21-15-8-5-13(11-17-15)2-1-12-3-6-14(7-4-12)18(19)20/h1-8,11H,9-10H2/b2-1+. The van der Waals surface area contributed by atoms with Gasteiger partial charge in [-0.25, -0.2) is 9.37 Å². The van der Waals surface area contributed by atoms with Crippen molar-refractivity contribution in [3.8, 4) is 5.88 Å². The Morgan fingerprint density at radius 1 is 1.14 bits per heavy atom. The second-order valence-electron chi connectivity index (χ2n) is 4.15. The first kappa shape index (κ1) is 14.6. The van der Waals surface area contributed by atoms with Crippen LogP contribution in [0.2, 0.25) is 0 Å². The van der Waals surface area contributed by atoms with Gasteiger partial charge in [-0.1, -0.05) is 12.2 Å². The molecule has 0 N–H and O–H groups in total. The average Bonchev–Trinajstić information content (AvgIpc) is 2.52. The largest absolute Gasteiger partial charge is 0.475 e. The molecule has 0 fully saturated rings. The van der Waals surface area contributed by atoms with Crippen molar-refractivity contribution >= 4 is 17.8 Å². The molecule has 2 aromatic rings. The summed E-state index contributed by atoms with van der Waals surface area (Å²) in [6.07, 6.45) is 5.26. The summed E-state index contributed by atoms with van der Waals surface area (Å²) in [5, 5.41) is 10.5. The summed E-state index contributed by atoms with van der Waals surface area (Å²) in [6, 6.07) is 9.69. The molecule has 0 aliphatic carbocycles. The molecule has 2 rings (SSSR count). The molecule has 0 saturated carbocycles. The van der Waals surface area contributed by atoms with Crippen LogP contribution < -0.4 is 4.74 Å². The predicted molar refractivity (Wildman–Crippen MR) is 77.7 cm³/mol. The maximum Gasteiger partial charge on any atom is 0.269 e. The monoisotopic (exact) mass is 288 g/mol. The molecule has 0 saturated heterocycles. The zero-order chi connectivity index (χ0) is 15.1. The third kappa shape index (κ3) is 4.38. The number of nitrogens with zero attached hydrogens (tertiary/aromatic N) is 2. The number of hydrogen-bond donors (Lipinski definition) is 0. The van der Waals surface area contributed by atoms with Crippen molar-refractivity contribution < 1.29 is 14.1 Å². The van der Waals surface area contributed by atoms with Gasteiger partial charge in [-0.3, -0.25) is 10.1 Å². The summed E-state index contributed by atoms with van der Waals surface area (Å²) in [5.74, 6) is 0.375. The summed E-state index contributed by atoms with van der Waals surface area (Å²) in [6.45, 7) is -0.561. The second kappa shape index (κ2) is 7.14. The number of benzene rings is 1. The Hall–Kier alpha value is -2.76. The van der Waals surface area contributed by atoms with Crippen LogP contribution in [0.4, 0.5) is 10.1 Å². The minimum Gasteiger partial charge on any atom is -0.475 e. The van der Waals surface area contributed by atoms with Gasteiger partial charge in [0, 0.05) is 24.4 Å². The molecule has 5 nitrogen and oxygen atoms in total. The Kier molecular flexibility index (Phi) is 4.98. The molecular formula is C15H13FN2O3. The fraction of sp³-hybridized carbons (Fsp3) is 0.133. The van der Waals surface area contributed by atoms with E-state index in [2.05, 4.69) is 4.98 Å². The third-order valence-electron chi connectivity index (χ3n) is 2.66. The van der Waals surface area contributed by atoms with Crippen LogP contribution in [0.25, 0.3) is 12.2 Å². The topological polar surface area (TPSA) is 65.3 Å². The fourth-order valence-electron chi connectivity index (χ4n) is 1.62. The van der Waals surface area contributed by atoms with Crippen molar-refractivity contribution in [2.45, 2.75) is 0 Å². The van der Waals surface area contributed by atoms with Gasteiger partial charge < -0.3 is 4.74 Å². The Balaban J connectivity index is 2.01. The number of hydrogen-bond acceptors (Lipinski definition) is 4. The molecular weight excluding hydrogens is 275 g/mol. The Labute approximate surface area is 120 Å².